The molecule has 0 N–H and O–H groups in total. The number of hydrogen-bond acceptors (Lipinski definition) is 3. The fourth-order valence-electron chi connectivity index (χ4n) is 3.10. The van der Waals surface area contributed by atoms with Gasteiger partial charge in [-0.15, -0.1) is 0 Å². The predicted octanol–water partition coefficient (Wildman–Crippen LogP) is 2.97. The smallest absolute Gasteiger partial charge is 0.266 e. The molecule has 0 saturated carbocycles. The van der Waals surface area contributed by atoms with Crippen molar-refractivity contribution in [3.63, 3.8) is 0 Å². The highest BCUT2D eigenvalue weighted by molar-refractivity contribution is 5.94. The lowest BCUT2D eigenvalue weighted by Gasteiger charge is -2.38. The van der Waals surface area contributed by atoms with E-state index in [1.54, 1.807) is 23.6 Å². The summed E-state index contributed by atoms with van der Waals surface area (Å²) in [5, 5.41) is 0. The van der Waals surface area contributed by atoms with Crippen LogP contribution < -0.4 is 4.74 Å². The van der Waals surface area contributed by atoms with Crippen LogP contribution in [-0.2, 0) is 4.79 Å². The van der Waals surface area contributed by atoms with E-state index in [4.69, 9.17) is 4.74 Å². The lowest BCUT2D eigenvalue weighted by Crippen LogP contribution is -2.56. The van der Waals surface area contributed by atoms with Crippen LogP contribution in [0.2, 0.25) is 0 Å². The third-order valence-corrected chi connectivity index (χ3v) is 4.58. The van der Waals surface area contributed by atoms with Gasteiger partial charge in [-0.2, -0.15) is 0 Å². The average molecular weight is 370 g/mol. The van der Waals surface area contributed by atoms with Gasteiger partial charge >= 0.3 is 0 Å². The molecule has 1 aliphatic rings. The second-order valence-electron chi connectivity index (χ2n) is 7.02. The number of rotatable bonds is 4. The number of nitrogens with zero attached hydrogens (tertiary/aromatic N) is 2. The molecule has 0 atom stereocenters. The standard InChI is InChI=1S/C21H23FN2O3/c1-21(2,27-18-6-4-3-5-7-18)20(26)24-14-12-23(13-15-24)19(25)16-8-10-17(22)11-9-16/h3-11H,12-15H2,1-2H3. The summed E-state index contributed by atoms with van der Waals surface area (Å²) in [6.07, 6.45) is 0. The van der Waals surface area contributed by atoms with Crippen LogP contribution in [0.4, 0.5) is 4.39 Å². The molecule has 1 aliphatic heterocycles. The van der Waals surface area contributed by atoms with E-state index in [1.165, 1.54) is 24.3 Å². The topological polar surface area (TPSA) is 49.9 Å². The van der Waals surface area contributed by atoms with Crippen molar-refractivity contribution in [2.24, 2.45) is 0 Å². The molecule has 2 aromatic carbocycles. The Morgan fingerprint density at radius 2 is 1.44 bits per heavy atom. The van der Waals surface area contributed by atoms with Gasteiger partial charge in [0.05, 0.1) is 0 Å². The Morgan fingerprint density at radius 1 is 0.889 bits per heavy atom. The predicted molar refractivity (Wildman–Crippen MR) is 100 cm³/mol. The zero-order valence-electron chi connectivity index (χ0n) is 15.5. The molecule has 1 fully saturated rings. The van der Waals surface area contributed by atoms with Crippen LogP contribution in [-0.4, -0.2) is 53.4 Å². The van der Waals surface area contributed by atoms with Gasteiger partial charge < -0.3 is 14.5 Å². The van der Waals surface area contributed by atoms with E-state index in [1.807, 2.05) is 30.3 Å². The summed E-state index contributed by atoms with van der Waals surface area (Å²) < 4.78 is 18.9. The lowest BCUT2D eigenvalue weighted by molar-refractivity contribution is -0.147. The van der Waals surface area contributed by atoms with E-state index in [9.17, 15) is 14.0 Å². The van der Waals surface area contributed by atoms with Crippen molar-refractivity contribution in [2.45, 2.75) is 19.4 Å². The number of benzene rings is 2. The number of carbonyl (C=O) groups is 2. The highest BCUT2D eigenvalue weighted by Crippen LogP contribution is 2.21. The fourth-order valence-corrected chi connectivity index (χ4v) is 3.10. The summed E-state index contributed by atoms with van der Waals surface area (Å²) in [5.74, 6) is 0.00529. The van der Waals surface area contributed by atoms with Gasteiger partial charge in [-0.3, -0.25) is 9.59 Å². The fraction of sp³-hybridized carbons (Fsp3) is 0.333. The summed E-state index contributed by atoms with van der Waals surface area (Å²) in [7, 11) is 0. The largest absolute Gasteiger partial charge is 0.478 e. The number of carbonyl (C=O) groups excluding carboxylic acids is 2. The highest BCUT2D eigenvalue weighted by Gasteiger charge is 2.36. The van der Waals surface area contributed by atoms with Crippen molar-refractivity contribution in [1.29, 1.82) is 0 Å². The van der Waals surface area contributed by atoms with Crippen LogP contribution in [0.5, 0.6) is 5.75 Å². The maximum atomic E-state index is 13.0. The third kappa shape index (κ3) is 4.45. The summed E-state index contributed by atoms with van der Waals surface area (Å²) in [6.45, 7) is 5.24. The van der Waals surface area contributed by atoms with Crippen LogP contribution in [0.25, 0.3) is 0 Å². The average Bonchev–Trinajstić information content (AvgIpc) is 2.68. The van der Waals surface area contributed by atoms with E-state index in [2.05, 4.69) is 0 Å². The molecule has 0 spiro atoms. The van der Waals surface area contributed by atoms with Gasteiger partial charge in [-0.05, 0) is 50.2 Å². The first-order chi connectivity index (χ1) is 12.9. The van der Waals surface area contributed by atoms with Gasteiger partial charge in [0.15, 0.2) is 5.60 Å². The maximum absolute atomic E-state index is 13.0. The monoisotopic (exact) mass is 370 g/mol. The number of halogens is 1. The Balaban J connectivity index is 1.58. The van der Waals surface area contributed by atoms with Crippen LogP contribution in [0, 0.1) is 5.82 Å². The number of amides is 2. The Hall–Kier alpha value is -2.89. The van der Waals surface area contributed by atoms with Crippen LogP contribution >= 0.6 is 0 Å². The molecule has 0 bridgehead atoms. The summed E-state index contributed by atoms with van der Waals surface area (Å²) in [4.78, 5) is 28.8. The number of hydrogen-bond donors (Lipinski definition) is 0. The van der Waals surface area contributed by atoms with E-state index < -0.39 is 5.60 Å². The molecule has 142 valence electrons. The van der Waals surface area contributed by atoms with Gasteiger partial charge in [0.1, 0.15) is 11.6 Å². The van der Waals surface area contributed by atoms with Crippen molar-refractivity contribution in [2.75, 3.05) is 26.2 Å². The molecule has 5 nitrogen and oxygen atoms in total. The lowest BCUT2D eigenvalue weighted by atomic mass is 10.1. The molecule has 6 heteroatoms. The van der Waals surface area contributed by atoms with Crippen molar-refractivity contribution in [1.82, 2.24) is 9.80 Å². The number of para-hydroxylation sites is 1. The minimum absolute atomic E-state index is 0.111. The van der Waals surface area contributed by atoms with Gasteiger partial charge in [-0.1, -0.05) is 18.2 Å². The van der Waals surface area contributed by atoms with E-state index in [0.717, 1.165) is 0 Å². The second kappa shape index (κ2) is 7.78. The van der Waals surface area contributed by atoms with Gasteiger partial charge in [0.2, 0.25) is 0 Å². The summed E-state index contributed by atoms with van der Waals surface area (Å²) in [6, 6.07) is 14.7. The Kier molecular flexibility index (Phi) is 5.44. The van der Waals surface area contributed by atoms with Crippen LogP contribution in [0.3, 0.4) is 0 Å². The van der Waals surface area contributed by atoms with E-state index in [0.29, 0.717) is 37.5 Å². The zero-order valence-corrected chi connectivity index (χ0v) is 15.5. The van der Waals surface area contributed by atoms with Crippen LogP contribution in [0.1, 0.15) is 24.2 Å². The van der Waals surface area contributed by atoms with Crippen LogP contribution in [0.15, 0.2) is 54.6 Å². The number of ether oxygens (including phenoxy) is 1. The molecular formula is C21H23FN2O3. The van der Waals surface area contributed by atoms with Crippen molar-refractivity contribution < 1.29 is 18.7 Å². The molecule has 2 aromatic rings. The Labute approximate surface area is 158 Å². The summed E-state index contributed by atoms with van der Waals surface area (Å²) >= 11 is 0. The van der Waals surface area contributed by atoms with Gasteiger partial charge in [0, 0.05) is 31.7 Å². The molecule has 1 heterocycles. The molecule has 1 saturated heterocycles. The minimum atomic E-state index is -0.996. The van der Waals surface area contributed by atoms with Crippen molar-refractivity contribution in [3.05, 3.63) is 66.0 Å². The van der Waals surface area contributed by atoms with Gasteiger partial charge in [-0.25, -0.2) is 4.39 Å². The molecule has 0 aromatic heterocycles. The molecule has 0 unspecified atom stereocenters. The zero-order chi connectivity index (χ0) is 19.4. The normalized spacial score (nSPS) is 14.8. The second-order valence-corrected chi connectivity index (χ2v) is 7.02. The minimum Gasteiger partial charge on any atom is -0.478 e. The van der Waals surface area contributed by atoms with Crippen molar-refractivity contribution >= 4 is 11.8 Å². The molecular weight excluding hydrogens is 347 g/mol. The summed E-state index contributed by atoms with van der Waals surface area (Å²) in [5.41, 5.74) is -0.547. The SMILES string of the molecule is CC(C)(Oc1ccccc1)C(=O)N1CCN(C(=O)c2ccc(F)cc2)CC1. The van der Waals surface area contributed by atoms with Crippen molar-refractivity contribution in [3.8, 4) is 5.75 Å². The van der Waals surface area contributed by atoms with E-state index in [-0.39, 0.29) is 17.6 Å². The maximum Gasteiger partial charge on any atom is 0.266 e. The third-order valence-electron chi connectivity index (χ3n) is 4.58. The quantitative estimate of drug-likeness (QED) is 0.831. The first-order valence-corrected chi connectivity index (χ1v) is 8.95. The first kappa shape index (κ1) is 18.9. The Morgan fingerprint density at radius 3 is 2.04 bits per heavy atom. The molecule has 0 radical (unpaired) electrons. The molecule has 2 amide bonds. The number of piperazine rings is 1. The Bertz CT molecular complexity index is 798. The first-order valence-electron chi connectivity index (χ1n) is 8.95. The molecule has 27 heavy (non-hydrogen) atoms. The molecule has 3 rings (SSSR count). The molecule has 0 aliphatic carbocycles. The van der Waals surface area contributed by atoms with E-state index >= 15 is 0 Å². The van der Waals surface area contributed by atoms with Gasteiger partial charge in [0.25, 0.3) is 11.8 Å². The highest BCUT2D eigenvalue weighted by atomic mass is 19.1.